The van der Waals surface area contributed by atoms with E-state index >= 15 is 0 Å². The summed E-state index contributed by atoms with van der Waals surface area (Å²) in [6, 6.07) is 7.36. The van der Waals surface area contributed by atoms with Crippen molar-refractivity contribution < 1.29 is 9.53 Å². The summed E-state index contributed by atoms with van der Waals surface area (Å²) in [5, 5.41) is 15.5. The van der Waals surface area contributed by atoms with Gasteiger partial charge in [-0.1, -0.05) is 17.7 Å². The Bertz CT molecular complexity index is 648. The van der Waals surface area contributed by atoms with Gasteiger partial charge in [-0.3, -0.25) is 9.69 Å². The number of hydrogen-bond acceptors (Lipinski definition) is 5. The number of morpholine rings is 1. The van der Waals surface area contributed by atoms with Crippen LogP contribution in [0, 0.1) is 18.3 Å². The minimum atomic E-state index is -0.392. The van der Waals surface area contributed by atoms with Crippen LogP contribution in [-0.4, -0.2) is 50.2 Å². The molecule has 6 nitrogen and oxygen atoms in total. The topological polar surface area (TPSA) is 77.4 Å². The van der Waals surface area contributed by atoms with Gasteiger partial charge in [0.25, 0.3) is 5.91 Å². The van der Waals surface area contributed by atoms with Crippen LogP contribution in [0.4, 0.5) is 5.69 Å². The van der Waals surface area contributed by atoms with Gasteiger partial charge in [-0.15, -0.1) is 0 Å². The van der Waals surface area contributed by atoms with Gasteiger partial charge in [0.2, 0.25) is 0 Å². The lowest BCUT2D eigenvalue weighted by atomic mass is 10.2. The first kappa shape index (κ1) is 18.3. The van der Waals surface area contributed by atoms with Gasteiger partial charge in [0, 0.05) is 43.1 Å². The molecule has 1 aromatic rings. The molecule has 128 valence electrons. The molecule has 0 atom stereocenters. The van der Waals surface area contributed by atoms with Gasteiger partial charge in [0.1, 0.15) is 11.6 Å². The Kier molecular flexibility index (Phi) is 7.07. The van der Waals surface area contributed by atoms with Crippen molar-refractivity contribution in [3.63, 3.8) is 0 Å². The molecule has 0 radical (unpaired) electrons. The molecule has 0 aliphatic carbocycles. The molecule has 1 aromatic carbocycles. The fourth-order valence-corrected chi connectivity index (χ4v) is 2.41. The summed E-state index contributed by atoms with van der Waals surface area (Å²) in [7, 11) is 0. The molecule has 0 saturated carbocycles. The van der Waals surface area contributed by atoms with Crippen LogP contribution < -0.4 is 10.6 Å². The lowest BCUT2D eigenvalue weighted by Crippen LogP contribution is -2.41. The van der Waals surface area contributed by atoms with Crippen LogP contribution in [0.5, 0.6) is 0 Å². The number of rotatable bonds is 6. The monoisotopic (exact) mass is 348 g/mol. The zero-order chi connectivity index (χ0) is 17.4. The summed E-state index contributed by atoms with van der Waals surface area (Å²) in [6.07, 6.45) is 1.39. The molecule has 1 aliphatic rings. The van der Waals surface area contributed by atoms with Crippen LogP contribution in [0.15, 0.2) is 30.0 Å². The molecule has 1 amide bonds. The number of nitrogens with one attached hydrogen (secondary N) is 2. The molecule has 1 fully saturated rings. The van der Waals surface area contributed by atoms with Crippen LogP contribution >= 0.6 is 11.6 Å². The SMILES string of the molecule is Cc1ccc(N/C=C(/C#N)C(=O)NCCN2CCOCC2)cc1Cl. The second-order valence-corrected chi connectivity index (χ2v) is 5.90. The fourth-order valence-electron chi connectivity index (χ4n) is 2.23. The maximum Gasteiger partial charge on any atom is 0.263 e. The van der Waals surface area contributed by atoms with Crippen molar-refractivity contribution in [3.8, 4) is 6.07 Å². The fraction of sp³-hybridized carbons (Fsp3) is 0.412. The molecule has 1 saturated heterocycles. The van der Waals surface area contributed by atoms with E-state index in [-0.39, 0.29) is 5.57 Å². The smallest absolute Gasteiger partial charge is 0.263 e. The van der Waals surface area contributed by atoms with E-state index < -0.39 is 5.91 Å². The molecule has 7 heteroatoms. The van der Waals surface area contributed by atoms with Crippen molar-refractivity contribution in [3.05, 3.63) is 40.6 Å². The van der Waals surface area contributed by atoms with Gasteiger partial charge in [-0.25, -0.2) is 0 Å². The third kappa shape index (κ3) is 5.53. The molecule has 0 aromatic heterocycles. The van der Waals surface area contributed by atoms with Crippen LogP contribution in [0.3, 0.4) is 0 Å². The van der Waals surface area contributed by atoms with E-state index in [1.165, 1.54) is 6.20 Å². The number of nitriles is 1. The maximum absolute atomic E-state index is 12.0. The van der Waals surface area contributed by atoms with Crippen molar-refractivity contribution in [2.24, 2.45) is 0 Å². The van der Waals surface area contributed by atoms with Gasteiger partial charge in [0.15, 0.2) is 0 Å². The van der Waals surface area contributed by atoms with Crippen molar-refractivity contribution in [1.82, 2.24) is 10.2 Å². The van der Waals surface area contributed by atoms with Gasteiger partial charge in [0.05, 0.1) is 13.2 Å². The van der Waals surface area contributed by atoms with Gasteiger partial charge in [-0.2, -0.15) is 5.26 Å². The molecular formula is C17H21ClN4O2. The summed E-state index contributed by atoms with van der Waals surface area (Å²) in [5.41, 5.74) is 1.71. The average Bonchev–Trinajstić information content (AvgIpc) is 2.59. The first-order chi connectivity index (χ1) is 11.6. The number of carbonyl (C=O) groups is 1. The maximum atomic E-state index is 12.0. The molecule has 24 heavy (non-hydrogen) atoms. The molecule has 2 rings (SSSR count). The number of hydrogen-bond donors (Lipinski definition) is 2. The zero-order valence-corrected chi connectivity index (χ0v) is 14.4. The van der Waals surface area contributed by atoms with Crippen LogP contribution in [0.2, 0.25) is 5.02 Å². The lowest BCUT2D eigenvalue weighted by molar-refractivity contribution is -0.117. The summed E-state index contributed by atoms with van der Waals surface area (Å²) in [6.45, 7) is 6.33. The number of halogens is 1. The number of aryl methyl sites for hydroxylation is 1. The van der Waals surface area contributed by atoms with E-state index in [1.54, 1.807) is 6.07 Å². The zero-order valence-electron chi connectivity index (χ0n) is 13.6. The van der Waals surface area contributed by atoms with Crippen LogP contribution in [0.25, 0.3) is 0 Å². The highest BCUT2D eigenvalue weighted by atomic mass is 35.5. The van der Waals surface area contributed by atoms with Crippen molar-refractivity contribution in [2.45, 2.75) is 6.92 Å². The normalized spacial score (nSPS) is 15.6. The highest BCUT2D eigenvalue weighted by Crippen LogP contribution is 2.20. The van der Waals surface area contributed by atoms with E-state index in [1.807, 2.05) is 25.1 Å². The molecule has 1 heterocycles. The molecule has 2 N–H and O–H groups in total. The standard InChI is InChI=1S/C17H21ClN4O2/c1-13-2-3-15(10-16(13)18)21-12-14(11-19)17(23)20-4-5-22-6-8-24-9-7-22/h2-3,10,12,21H,4-9H2,1H3,(H,20,23)/b14-12-. The predicted molar refractivity (Wildman–Crippen MR) is 93.8 cm³/mol. The second-order valence-electron chi connectivity index (χ2n) is 5.49. The van der Waals surface area contributed by atoms with Crippen LogP contribution in [-0.2, 0) is 9.53 Å². The molecule has 0 bridgehead atoms. The number of carbonyl (C=O) groups excluding carboxylic acids is 1. The van der Waals surface area contributed by atoms with E-state index in [0.717, 1.165) is 44.1 Å². The highest BCUT2D eigenvalue weighted by molar-refractivity contribution is 6.31. The van der Waals surface area contributed by atoms with Crippen LogP contribution in [0.1, 0.15) is 5.56 Å². The summed E-state index contributed by atoms with van der Waals surface area (Å²) >= 11 is 6.05. The Balaban J connectivity index is 1.83. The van der Waals surface area contributed by atoms with E-state index in [0.29, 0.717) is 11.6 Å². The number of ether oxygens (including phenoxy) is 1. The average molecular weight is 349 g/mol. The summed E-state index contributed by atoms with van der Waals surface area (Å²) < 4.78 is 5.27. The third-order valence-electron chi connectivity index (χ3n) is 3.74. The quantitative estimate of drug-likeness (QED) is 0.606. The Morgan fingerprint density at radius 1 is 1.46 bits per heavy atom. The number of amides is 1. The minimum absolute atomic E-state index is 0.0219. The largest absolute Gasteiger partial charge is 0.379 e. The Morgan fingerprint density at radius 2 is 2.21 bits per heavy atom. The van der Waals surface area contributed by atoms with E-state index in [4.69, 9.17) is 21.6 Å². The first-order valence-corrected chi connectivity index (χ1v) is 8.19. The summed E-state index contributed by atoms with van der Waals surface area (Å²) in [4.78, 5) is 14.3. The first-order valence-electron chi connectivity index (χ1n) is 7.81. The van der Waals surface area contributed by atoms with Gasteiger partial charge in [-0.05, 0) is 24.6 Å². The van der Waals surface area contributed by atoms with Gasteiger partial charge >= 0.3 is 0 Å². The van der Waals surface area contributed by atoms with Gasteiger partial charge < -0.3 is 15.4 Å². The Labute approximate surface area is 147 Å². The predicted octanol–water partition coefficient (Wildman–Crippen LogP) is 1.92. The molecule has 0 spiro atoms. The Hall–Kier alpha value is -2.07. The van der Waals surface area contributed by atoms with Crippen molar-refractivity contribution in [2.75, 3.05) is 44.7 Å². The number of nitrogens with zero attached hydrogens (tertiary/aromatic N) is 2. The molecular weight excluding hydrogens is 328 g/mol. The summed E-state index contributed by atoms with van der Waals surface area (Å²) in [5.74, 6) is -0.392. The van der Waals surface area contributed by atoms with Crippen molar-refractivity contribution >= 4 is 23.2 Å². The molecule has 1 aliphatic heterocycles. The number of benzene rings is 1. The third-order valence-corrected chi connectivity index (χ3v) is 4.14. The van der Waals surface area contributed by atoms with E-state index in [2.05, 4.69) is 15.5 Å². The van der Waals surface area contributed by atoms with E-state index in [9.17, 15) is 4.79 Å². The Morgan fingerprint density at radius 3 is 2.88 bits per heavy atom. The minimum Gasteiger partial charge on any atom is -0.379 e. The number of anilines is 1. The van der Waals surface area contributed by atoms with Crippen molar-refractivity contribution in [1.29, 1.82) is 5.26 Å². The second kappa shape index (κ2) is 9.28. The highest BCUT2D eigenvalue weighted by Gasteiger charge is 2.12. The lowest BCUT2D eigenvalue weighted by Gasteiger charge is -2.26. The molecule has 0 unspecified atom stereocenters.